The molecule has 0 aromatic carbocycles. The molecule has 0 saturated heterocycles. The Morgan fingerprint density at radius 2 is 1.90 bits per heavy atom. The largest absolute Gasteiger partial charge is 0.391 e. The number of nitrogens with two attached hydrogens (primary N) is 1. The van der Waals surface area contributed by atoms with Gasteiger partial charge in [-0.3, -0.25) is 4.79 Å². The van der Waals surface area contributed by atoms with Gasteiger partial charge in [0.1, 0.15) is 0 Å². The van der Waals surface area contributed by atoms with Gasteiger partial charge in [0, 0.05) is 18.5 Å². The molecule has 0 aliphatic heterocycles. The zero-order valence-corrected chi connectivity index (χ0v) is 11.7. The minimum atomic E-state index is -4.17. The van der Waals surface area contributed by atoms with Gasteiger partial charge in [-0.05, 0) is 45.1 Å². The van der Waals surface area contributed by atoms with Gasteiger partial charge in [-0.1, -0.05) is 6.42 Å². The molecule has 0 spiro atoms. The molecule has 2 unspecified atom stereocenters. The van der Waals surface area contributed by atoms with Crippen molar-refractivity contribution in [3.63, 3.8) is 0 Å². The Hall–Kier alpha value is -0.780. The maximum atomic E-state index is 12.8. The normalized spacial score (nSPS) is 27.4. The number of nitrogens with zero attached hydrogens (tertiary/aromatic N) is 1. The lowest BCUT2D eigenvalue weighted by atomic mass is 9.80. The van der Waals surface area contributed by atoms with Crippen LogP contribution in [0.25, 0.3) is 0 Å². The molecule has 6 heteroatoms. The summed E-state index contributed by atoms with van der Waals surface area (Å²) < 4.78 is 38.4. The summed E-state index contributed by atoms with van der Waals surface area (Å²) in [6.45, 7) is 1.10. The van der Waals surface area contributed by atoms with Gasteiger partial charge in [0.15, 0.2) is 0 Å². The number of carbonyl (C=O) groups excluding carboxylic acids is 1. The zero-order chi connectivity index (χ0) is 14.8. The number of hydrogen-bond acceptors (Lipinski definition) is 2. The monoisotopic (exact) mass is 292 g/mol. The summed E-state index contributed by atoms with van der Waals surface area (Å²) in [5.41, 5.74) is 5.47. The summed E-state index contributed by atoms with van der Waals surface area (Å²) >= 11 is 0. The van der Waals surface area contributed by atoms with E-state index in [2.05, 4.69) is 0 Å². The van der Waals surface area contributed by atoms with Crippen molar-refractivity contribution in [2.45, 2.75) is 57.2 Å². The van der Waals surface area contributed by atoms with Crippen LogP contribution in [0.5, 0.6) is 0 Å². The van der Waals surface area contributed by atoms with Crippen molar-refractivity contribution in [1.29, 1.82) is 0 Å². The number of hydrogen-bond donors (Lipinski definition) is 1. The first-order valence-corrected chi connectivity index (χ1v) is 7.50. The van der Waals surface area contributed by atoms with Crippen molar-refractivity contribution in [2.24, 2.45) is 17.6 Å². The first kappa shape index (κ1) is 15.6. The smallest absolute Gasteiger partial charge is 0.339 e. The third kappa shape index (κ3) is 3.87. The third-order valence-corrected chi connectivity index (χ3v) is 4.36. The van der Waals surface area contributed by atoms with Crippen molar-refractivity contribution in [1.82, 2.24) is 4.90 Å². The van der Waals surface area contributed by atoms with Crippen LogP contribution < -0.4 is 5.73 Å². The second-order valence-electron chi connectivity index (χ2n) is 6.01. The van der Waals surface area contributed by atoms with E-state index in [9.17, 15) is 18.0 Å². The van der Waals surface area contributed by atoms with Crippen LogP contribution >= 0.6 is 0 Å². The Labute approximate surface area is 117 Å². The average Bonchev–Trinajstić information content (AvgIpc) is 3.23. The molecule has 20 heavy (non-hydrogen) atoms. The molecule has 0 heterocycles. The summed E-state index contributed by atoms with van der Waals surface area (Å²) in [7, 11) is 0. The van der Waals surface area contributed by atoms with Crippen LogP contribution in [0.2, 0.25) is 0 Å². The highest BCUT2D eigenvalue weighted by molar-refractivity contribution is 5.79. The van der Waals surface area contributed by atoms with Crippen LogP contribution in [0.15, 0.2) is 0 Å². The Morgan fingerprint density at radius 1 is 1.20 bits per heavy atom. The fourth-order valence-corrected chi connectivity index (χ4v) is 3.07. The molecule has 2 fully saturated rings. The first-order chi connectivity index (χ1) is 9.43. The van der Waals surface area contributed by atoms with Crippen molar-refractivity contribution < 1.29 is 18.0 Å². The molecule has 1 amide bonds. The Bertz CT molecular complexity index is 342. The third-order valence-electron chi connectivity index (χ3n) is 4.36. The number of halogens is 3. The molecule has 2 atom stereocenters. The highest BCUT2D eigenvalue weighted by atomic mass is 19.4. The molecule has 2 N–H and O–H groups in total. The van der Waals surface area contributed by atoms with Crippen LogP contribution in [0.4, 0.5) is 13.2 Å². The highest BCUT2D eigenvalue weighted by Crippen LogP contribution is 2.41. The topological polar surface area (TPSA) is 46.3 Å². The molecule has 0 radical (unpaired) electrons. The van der Waals surface area contributed by atoms with Crippen molar-refractivity contribution >= 4 is 5.91 Å². The van der Waals surface area contributed by atoms with E-state index in [1.54, 1.807) is 4.90 Å². The average molecular weight is 292 g/mol. The lowest BCUT2D eigenvalue weighted by Crippen LogP contribution is -2.42. The van der Waals surface area contributed by atoms with E-state index in [1.165, 1.54) is 0 Å². The van der Waals surface area contributed by atoms with E-state index in [0.717, 1.165) is 19.3 Å². The molecule has 116 valence electrons. The molecule has 2 aliphatic rings. The van der Waals surface area contributed by atoms with E-state index < -0.39 is 18.0 Å². The van der Waals surface area contributed by atoms with Crippen LogP contribution in [0, 0.1) is 11.8 Å². The summed E-state index contributed by atoms with van der Waals surface area (Å²) in [6, 6.07) is 0.250. The molecule has 0 aromatic rings. The first-order valence-electron chi connectivity index (χ1n) is 7.50. The SMILES string of the molecule is NCCCN(C(=O)C1CCCC(C(F)(F)F)C1)C1CC1. The van der Waals surface area contributed by atoms with Crippen LogP contribution in [-0.2, 0) is 4.79 Å². The summed E-state index contributed by atoms with van der Waals surface area (Å²) in [5.74, 6) is -1.83. The molecule has 3 nitrogen and oxygen atoms in total. The molecule has 2 saturated carbocycles. The van der Waals surface area contributed by atoms with Crippen LogP contribution in [-0.4, -0.2) is 36.1 Å². The van der Waals surface area contributed by atoms with E-state index in [-0.39, 0.29) is 24.8 Å². The van der Waals surface area contributed by atoms with Gasteiger partial charge in [0.25, 0.3) is 0 Å². The lowest BCUT2D eigenvalue weighted by Gasteiger charge is -2.33. The minimum Gasteiger partial charge on any atom is -0.339 e. The van der Waals surface area contributed by atoms with Gasteiger partial charge in [-0.15, -0.1) is 0 Å². The number of rotatable bonds is 5. The Kier molecular flexibility index (Phi) is 4.94. The maximum absolute atomic E-state index is 12.8. The molecular formula is C14H23F3N2O. The predicted molar refractivity (Wildman–Crippen MR) is 69.9 cm³/mol. The molecular weight excluding hydrogens is 269 g/mol. The zero-order valence-electron chi connectivity index (χ0n) is 11.7. The van der Waals surface area contributed by atoms with Gasteiger partial charge < -0.3 is 10.6 Å². The molecule has 0 bridgehead atoms. The number of amides is 1. The van der Waals surface area contributed by atoms with Gasteiger partial charge in [-0.2, -0.15) is 13.2 Å². The minimum absolute atomic E-state index is 0.0336. The standard InChI is InChI=1S/C14H23F3N2O/c15-14(16,17)11-4-1-3-10(9-11)13(20)19(8-2-7-18)12-5-6-12/h10-12H,1-9,18H2. The van der Waals surface area contributed by atoms with E-state index in [0.29, 0.717) is 25.9 Å². The van der Waals surface area contributed by atoms with Gasteiger partial charge >= 0.3 is 6.18 Å². The van der Waals surface area contributed by atoms with Gasteiger partial charge in [0.05, 0.1) is 5.92 Å². The maximum Gasteiger partial charge on any atom is 0.391 e. The van der Waals surface area contributed by atoms with Crippen molar-refractivity contribution in [3.05, 3.63) is 0 Å². The van der Waals surface area contributed by atoms with Gasteiger partial charge in [0.2, 0.25) is 5.91 Å². The predicted octanol–water partition coefficient (Wildman–Crippen LogP) is 2.69. The number of carbonyl (C=O) groups is 1. The van der Waals surface area contributed by atoms with Crippen LogP contribution in [0.1, 0.15) is 44.9 Å². The second kappa shape index (κ2) is 6.33. The highest BCUT2D eigenvalue weighted by Gasteiger charge is 2.45. The van der Waals surface area contributed by atoms with E-state index in [4.69, 9.17) is 5.73 Å². The van der Waals surface area contributed by atoms with Crippen LogP contribution in [0.3, 0.4) is 0 Å². The summed E-state index contributed by atoms with van der Waals surface area (Å²) in [5, 5.41) is 0. The Balaban J connectivity index is 1.96. The number of alkyl halides is 3. The summed E-state index contributed by atoms with van der Waals surface area (Å²) in [4.78, 5) is 14.3. The Morgan fingerprint density at radius 3 is 2.45 bits per heavy atom. The van der Waals surface area contributed by atoms with Crippen molar-refractivity contribution in [3.8, 4) is 0 Å². The fraction of sp³-hybridized carbons (Fsp3) is 0.929. The summed E-state index contributed by atoms with van der Waals surface area (Å²) in [6.07, 6.45) is -0.267. The molecule has 0 aromatic heterocycles. The molecule has 2 rings (SSSR count). The van der Waals surface area contributed by atoms with E-state index in [1.807, 2.05) is 0 Å². The fourth-order valence-electron chi connectivity index (χ4n) is 3.07. The van der Waals surface area contributed by atoms with E-state index >= 15 is 0 Å². The van der Waals surface area contributed by atoms with Gasteiger partial charge in [-0.25, -0.2) is 0 Å². The molecule has 2 aliphatic carbocycles. The lowest BCUT2D eigenvalue weighted by molar-refractivity contribution is -0.187. The quantitative estimate of drug-likeness (QED) is 0.847. The van der Waals surface area contributed by atoms with Crippen molar-refractivity contribution in [2.75, 3.05) is 13.1 Å². The second-order valence-corrected chi connectivity index (χ2v) is 6.01.